The fraction of sp³-hybridized carbons (Fsp3) is 0.450. The predicted octanol–water partition coefficient (Wildman–Crippen LogP) is 4.46. The van der Waals surface area contributed by atoms with E-state index < -0.39 is 10.9 Å². The number of carbonyl (C=O) groups is 2. The van der Waals surface area contributed by atoms with Gasteiger partial charge in [0, 0.05) is 40.7 Å². The maximum Gasteiger partial charge on any atom is 0.340 e. The highest BCUT2D eigenvalue weighted by atomic mass is 32.2. The number of amides is 1. The molecule has 0 radical (unpaired) electrons. The van der Waals surface area contributed by atoms with E-state index >= 15 is 0 Å². The first-order valence-electron chi connectivity index (χ1n) is 9.74. The van der Waals surface area contributed by atoms with Crippen molar-refractivity contribution >= 4 is 40.7 Å². The van der Waals surface area contributed by atoms with Crippen LogP contribution in [0.3, 0.4) is 0 Å². The Morgan fingerprint density at radius 1 is 1.40 bits per heavy atom. The summed E-state index contributed by atoms with van der Waals surface area (Å²) in [4.78, 5) is 42.5. The minimum atomic E-state index is -0.757. The third kappa shape index (κ3) is 5.37. The SMILES string of the molecule is CCC1CCCCN1C(=O)COC(=O)c1cc([N+](=O)[O-])ccc1Sc1nc(C)cs1. The number of benzene rings is 1. The monoisotopic (exact) mass is 449 g/mol. The topological polar surface area (TPSA) is 103 Å². The normalized spacial score (nSPS) is 16.3. The van der Waals surface area contributed by atoms with Gasteiger partial charge in [-0.15, -0.1) is 11.3 Å². The number of ether oxygens (including phenoxy) is 1. The highest BCUT2D eigenvalue weighted by Gasteiger charge is 2.27. The number of hydrogen-bond donors (Lipinski definition) is 0. The molecule has 0 spiro atoms. The average molecular weight is 450 g/mol. The molecule has 10 heteroatoms. The molecule has 1 amide bonds. The number of nitro groups is 1. The molecule has 160 valence electrons. The molecule has 1 unspecified atom stereocenters. The van der Waals surface area contributed by atoms with E-state index in [4.69, 9.17) is 4.74 Å². The van der Waals surface area contributed by atoms with Crippen LogP contribution in [0.15, 0.2) is 32.8 Å². The second kappa shape index (κ2) is 10.0. The molecular weight excluding hydrogens is 426 g/mol. The summed E-state index contributed by atoms with van der Waals surface area (Å²) in [6.45, 7) is 4.19. The molecule has 0 saturated carbocycles. The van der Waals surface area contributed by atoms with Gasteiger partial charge in [-0.25, -0.2) is 9.78 Å². The highest BCUT2D eigenvalue weighted by Crippen LogP contribution is 2.34. The van der Waals surface area contributed by atoms with Crippen molar-refractivity contribution in [3.8, 4) is 0 Å². The van der Waals surface area contributed by atoms with E-state index in [0.29, 0.717) is 15.8 Å². The molecule has 8 nitrogen and oxygen atoms in total. The van der Waals surface area contributed by atoms with E-state index in [0.717, 1.165) is 31.4 Å². The van der Waals surface area contributed by atoms with Crippen LogP contribution in [0.5, 0.6) is 0 Å². The molecule has 1 fully saturated rings. The summed E-state index contributed by atoms with van der Waals surface area (Å²) >= 11 is 2.66. The lowest BCUT2D eigenvalue weighted by Gasteiger charge is -2.35. The van der Waals surface area contributed by atoms with Crippen molar-refractivity contribution < 1.29 is 19.2 Å². The standard InChI is InChI=1S/C20H23N3O5S2/c1-3-14-6-4-5-9-22(14)18(24)11-28-19(25)16-10-15(23(26)27)7-8-17(16)30-20-21-13(2)12-29-20/h7-8,10,12,14H,3-6,9,11H2,1-2H3. The second-order valence-corrected chi connectivity index (χ2v) is 9.16. The zero-order chi connectivity index (χ0) is 21.7. The highest BCUT2D eigenvalue weighted by molar-refractivity contribution is 8.01. The molecule has 1 aliphatic rings. The van der Waals surface area contributed by atoms with Crippen molar-refractivity contribution in [2.45, 2.75) is 54.8 Å². The van der Waals surface area contributed by atoms with Crippen molar-refractivity contribution in [1.29, 1.82) is 0 Å². The Kier molecular flexibility index (Phi) is 7.43. The molecule has 1 aromatic carbocycles. The number of aromatic nitrogens is 1. The minimum Gasteiger partial charge on any atom is -0.452 e. The van der Waals surface area contributed by atoms with Crippen molar-refractivity contribution in [2.24, 2.45) is 0 Å². The fourth-order valence-corrected chi connectivity index (χ4v) is 5.29. The van der Waals surface area contributed by atoms with Gasteiger partial charge in [-0.3, -0.25) is 14.9 Å². The number of piperidine rings is 1. The molecule has 2 aromatic rings. The molecule has 1 saturated heterocycles. The first-order valence-corrected chi connectivity index (χ1v) is 11.4. The van der Waals surface area contributed by atoms with Gasteiger partial charge in [-0.1, -0.05) is 18.7 Å². The van der Waals surface area contributed by atoms with Gasteiger partial charge in [-0.2, -0.15) is 0 Å². The molecular formula is C20H23N3O5S2. The zero-order valence-electron chi connectivity index (χ0n) is 16.8. The Labute approximate surface area is 182 Å². The first-order chi connectivity index (χ1) is 14.4. The van der Waals surface area contributed by atoms with Crippen molar-refractivity contribution in [2.75, 3.05) is 13.2 Å². The Morgan fingerprint density at radius 3 is 2.87 bits per heavy atom. The van der Waals surface area contributed by atoms with Gasteiger partial charge < -0.3 is 9.64 Å². The van der Waals surface area contributed by atoms with E-state index in [2.05, 4.69) is 4.98 Å². The maximum absolute atomic E-state index is 12.7. The zero-order valence-corrected chi connectivity index (χ0v) is 18.5. The number of carbonyl (C=O) groups excluding carboxylic acids is 2. The number of nitro benzene ring substituents is 1. The lowest BCUT2D eigenvalue weighted by atomic mass is 10.00. The summed E-state index contributed by atoms with van der Waals surface area (Å²) in [7, 11) is 0. The van der Waals surface area contributed by atoms with Crippen molar-refractivity contribution in [1.82, 2.24) is 9.88 Å². The van der Waals surface area contributed by atoms with Crippen molar-refractivity contribution in [3.63, 3.8) is 0 Å². The predicted molar refractivity (Wildman–Crippen MR) is 114 cm³/mol. The van der Waals surface area contributed by atoms with Crippen LogP contribution in [0.1, 0.15) is 48.7 Å². The molecule has 1 aliphatic heterocycles. The number of hydrogen-bond acceptors (Lipinski definition) is 8. The van der Waals surface area contributed by atoms with E-state index in [-0.39, 0.29) is 29.8 Å². The van der Waals surface area contributed by atoms with Crippen LogP contribution in [0.4, 0.5) is 5.69 Å². The van der Waals surface area contributed by atoms with E-state index in [1.807, 2.05) is 19.2 Å². The third-order valence-corrected chi connectivity index (χ3v) is 7.07. The lowest BCUT2D eigenvalue weighted by molar-refractivity contribution is -0.384. The molecule has 2 heterocycles. The molecule has 0 aliphatic carbocycles. The second-order valence-electron chi connectivity index (χ2n) is 7.02. The number of aryl methyl sites for hydroxylation is 1. The van der Waals surface area contributed by atoms with E-state index in [9.17, 15) is 19.7 Å². The van der Waals surface area contributed by atoms with Gasteiger partial charge in [0.1, 0.15) is 0 Å². The smallest absolute Gasteiger partial charge is 0.340 e. The van der Waals surface area contributed by atoms with Crippen LogP contribution < -0.4 is 0 Å². The molecule has 1 aromatic heterocycles. The lowest BCUT2D eigenvalue weighted by Crippen LogP contribution is -2.45. The van der Waals surface area contributed by atoms with Crippen LogP contribution in [-0.2, 0) is 9.53 Å². The Balaban J connectivity index is 1.75. The van der Waals surface area contributed by atoms with Gasteiger partial charge in [0.2, 0.25) is 0 Å². The Morgan fingerprint density at radius 2 is 2.20 bits per heavy atom. The Hall–Kier alpha value is -2.46. The average Bonchev–Trinajstić information content (AvgIpc) is 3.16. The Bertz CT molecular complexity index is 946. The fourth-order valence-electron chi connectivity index (χ4n) is 3.39. The number of rotatable bonds is 7. The number of esters is 1. The van der Waals surface area contributed by atoms with Gasteiger partial charge in [0.25, 0.3) is 11.6 Å². The molecule has 3 rings (SSSR count). The van der Waals surface area contributed by atoms with E-state index in [1.54, 1.807) is 4.90 Å². The first kappa shape index (κ1) is 22.2. The summed E-state index contributed by atoms with van der Waals surface area (Å²) in [5.41, 5.74) is 0.696. The van der Waals surface area contributed by atoms with Gasteiger partial charge in [-0.05, 0) is 38.7 Å². The van der Waals surface area contributed by atoms with Crippen molar-refractivity contribution in [3.05, 3.63) is 45.0 Å². The largest absolute Gasteiger partial charge is 0.452 e. The molecule has 0 bridgehead atoms. The van der Waals surface area contributed by atoms with Crippen LogP contribution in [0.25, 0.3) is 0 Å². The summed E-state index contributed by atoms with van der Waals surface area (Å²) in [6.07, 6.45) is 3.84. The number of non-ortho nitro benzene ring substituents is 1. The minimum absolute atomic E-state index is 0.0561. The molecule has 30 heavy (non-hydrogen) atoms. The van der Waals surface area contributed by atoms with Crippen LogP contribution in [-0.4, -0.2) is 45.9 Å². The van der Waals surface area contributed by atoms with Gasteiger partial charge >= 0.3 is 5.97 Å². The van der Waals surface area contributed by atoms with Gasteiger partial charge in [0.15, 0.2) is 10.9 Å². The van der Waals surface area contributed by atoms with Crippen LogP contribution >= 0.6 is 23.1 Å². The third-order valence-electron chi connectivity index (χ3n) is 4.93. The van der Waals surface area contributed by atoms with Crippen LogP contribution in [0, 0.1) is 17.0 Å². The summed E-state index contributed by atoms with van der Waals surface area (Å²) < 4.78 is 5.98. The van der Waals surface area contributed by atoms with Crippen LogP contribution in [0.2, 0.25) is 0 Å². The van der Waals surface area contributed by atoms with Gasteiger partial charge in [0.05, 0.1) is 10.5 Å². The quantitative estimate of drug-likeness (QED) is 0.349. The van der Waals surface area contributed by atoms with E-state index in [1.165, 1.54) is 41.3 Å². The number of thiazole rings is 1. The maximum atomic E-state index is 12.7. The molecule has 1 atom stereocenters. The molecule has 0 N–H and O–H groups in total. The summed E-state index contributed by atoms with van der Waals surface area (Å²) in [6, 6.07) is 4.20. The summed E-state index contributed by atoms with van der Waals surface area (Å²) in [5, 5.41) is 13.0. The summed E-state index contributed by atoms with van der Waals surface area (Å²) in [5.74, 6) is -0.988. The number of nitrogens with zero attached hydrogens (tertiary/aromatic N) is 3. The number of likely N-dealkylation sites (tertiary alicyclic amines) is 1.